The van der Waals surface area contributed by atoms with Crippen LogP contribution in [0.1, 0.15) is 72.1 Å². The van der Waals surface area contributed by atoms with Crippen LogP contribution in [0, 0.1) is 52.3 Å². The first-order chi connectivity index (χ1) is 13.9. The number of rotatable bonds is 2. The Balaban J connectivity index is 1.37. The molecule has 5 saturated carbocycles. The van der Waals surface area contributed by atoms with Gasteiger partial charge in [-0.2, -0.15) is 0 Å². The van der Waals surface area contributed by atoms with Gasteiger partial charge in [0.2, 0.25) is 6.29 Å². The van der Waals surface area contributed by atoms with Crippen molar-refractivity contribution in [2.75, 3.05) is 7.11 Å². The highest BCUT2D eigenvalue weighted by molar-refractivity contribution is 5.66. The molecular weight excluding hydrogens is 364 g/mol. The molecular formula is C25H38O4. The number of ether oxygens (including phenoxy) is 3. The van der Waals surface area contributed by atoms with E-state index in [1.165, 1.54) is 58.3 Å². The van der Waals surface area contributed by atoms with Crippen molar-refractivity contribution >= 4 is 5.97 Å². The van der Waals surface area contributed by atoms with Crippen molar-refractivity contribution in [1.29, 1.82) is 0 Å². The van der Waals surface area contributed by atoms with Crippen LogP contribution >= 0.6 is 0 Å². The Bertz CT molecular complexity index is 707. The Morgan fingerprint density at radius 1 is 1.00 bits per heavy atom. The van der Waals surface area contributed by atoms with Gasteiger partial charge < -0.3 is 14.2 Å². The van der Waals surface area contributed by atoms with Gasteiger partial charge in [-0.1, -0.05) is 6.92 Å². The molecule has 0 aromatic carbocycles. The summed E-state index contributed by atoms with van der Waals surface area (Å²) in [6.45, 7) is 6.36. The van der Waals surface area contributed by atoms with Crippen molar-refractivity contribution < 1.29 is 19.0 Å². The average molecular weight is 403 g/mol. The third-order valence-corrected chi connectivity index (χ3v) is 11.0. The first kappa shape index (κ1) is 19.1. The Hall–Kier alpha value is -0.610. The molecule has 4 heteroatoms. The van der Waals surface area contributed by atoms with Crippen LogP contribution < -0.4 is 0 Å². The first-order valence-corrected chi connectivity index (χ1v) is 12.3. The average Bonchev–Trinajstić information content (AvgIpc) is 3.28. The second-order valence-corrected chi connectivity index (χ2v) is 11.7. The maximum Gasteiger partial charge on any atom is 0.304 e. The smallest absolute Gasteiger partial charge is 0.304 e. The van der Waals surface area contributed by atoms with Crippen LogP contribution in [0.25, 0.3) is 0 Å². The fourth-order valence-electron chi connectivity index (χ4n) is 10.0. The van der Waals surface area contributed by atoms with Crippen molar-refractivity contribution in [3.8, 4) is 0 Å². The van der Waals surface area contributed by atoms with Crippen LogP contribution in [0.3, 0.4) is 0 Å². The highest BCUT2D eigenvalue weighted by Crippen LogP contribution is 2.74. The second-order valence-electron chi connectivity index (χ2n) is 11.7. The number of hydrogen-bond acceptors (Lipinski definition) is 4. The minimum absolute atomic E-state index is 0.0462. The van der Waals surface area contributed by atoms with E-state index in [0.717, 1.165) is 23.7 Å². The SMILES string of the molecule is CO[C@@H]1C[C@H]2[C@@H]3CC[C@@H]4C(C)OC(OC(C)=O)[C@@]43CC[C@@H]2[C@@]2(C)CC[C@@H]3CC3C12. The summed E-state index contributed by atoms with van der Waals surface area (Å²) >= 11 is 0. The zero-order valence-electron chi connectivity index (χ0n) is 18.6. The molecule has 0 bridgehead atoms. The maximum atomic E-state index is 11.9. The van der Waals surface area contributed by atoms with Gasteiger partial charge in [0.25, 0.3) is 0 Å². The molecule has 6 aliphatic rings. The molecule has 12 atom stereocenters. The second kappa shape index (κ2) is 6.22. The largest absolute Gasteiger partial charge is 0.435 e. The topological polar surface area (TPSA) is 44.8 Å². The lowest BCUT2D eigenvalue weighted by Gasteiger charge is -2.62. The van der Waals surface area contributed by atoms with Gasteiger partial charge in [-0.15, -0.1) is 0 Å². The van der Waals surface area contributed by atoms with Crippen LogP contribution in [0.5, 0.6) is 0 Å². The number of carbonyl (C=O) groups excluding carboxylic acids is 1. The van der Waals surface area contributed by atoms with E-state index in [1.807, 2.05) is 7.11 Å². The van der Waals surface area contributed by atoms with Crippen molar-refractivity contribution in [2.45, 2.75) is 90.6 Å². The minimum Gasteiger partial charge on any atom is -0.435 e. The molecule has 0 N–H and O–H groups in total. The van der Waals surface area contributed by atoms with E-state index in [2.05, 4.69) is 13.8 Å². The van der Waals surface area contributed by atoms with Gasteiger partial charge in [0.15, 0.2) is 0 Å². The van der Waals surface area contributed by atoms with E-state index in [0.29, 0.717) is 29.3 Å². The monoisotopic (exact) mass is 402 g/mol. The summed E-state index contributed by atoms with van der Waals surface area (Å²) in [7, 11) is 1.95. The molecule has 1 aliphatic heterocycles. The van der Waals surface area contributed by atoms with Gasteiger partial charge in [-0.3, -0.25) is 4.79 Å². The minimum atomic E-state index is -0.334. The third-order valence-electron chi connectivity index (χ3n) is 11.0. The highest BCUT2D eigenvalue weighted by atomic mass is 16.7. The molecule has 0 amide bonds. The number of methoxy groups -OCH3 is 1. The lowest BCUT2D eigenvalue weighted by molar-refractivity contribution is -0.223. The summed E-state index contributed by atoms with van der Waals surface area (Å²) in [6, 6.07) is 0. The van der Waals surface area contributed by atoms with Gasteiger partial charge in [0.05, 0.1) is 12.2 Å². The predicted octanol–water partition coefficient (Wildman–Crippen LogP) is 4.80. The summed E-state index contributed by atoms with van der Waals surface area (Å²) in [5.41, 5.74) is 0.480. The van der Waals surface area contributed by atoms with Gasteiger partial charge in [0, 0.05) is 19.4 Å². The van der Waals surface area contributed by atoms with E-state index in [4.69, 9.17) is 14.2 Å². The normalized spacial score (nSPS) is 59.7. The molecule has 4 nitrogen and oxygen atoms in total. The van der Waals surface area contributed by atoms with Crippen LogP contribution in [0.4, 0.5) is 0 Å². The molecule has 6 rings (SSSR count). The lowest BCUT2D eigenvalue weighted by Crippen LogP contribution is -2.59. The first-order valence-electron chi connectivity index (χ1n) is 12.3. The van der Waals surface area contributed by atoms with E-state index >= 15 is 0 Å². The zero-order valence-corrected chi connectivity index (χ0v) is 18.6. The lowest BCUT2D eigenvalue weighted by atomic mass is 9.44. The Morgan fingerprint density at radius 2 is 1.79 bits per heavy atom. The van der Waals surface area contributed by atoms with Crippen molar-refractivity contribution in [3.05, 3.63) is 0 Å². The molecule has 1 saturated heterocycles. The third kappa shape index (κ3) is 2.37. The summed E-state index contributed by atoms with van der Waals surface area (Å²) in [5.74, 6) is 5.16. The molecule has 29 heavy (non-hydrogen) atoms. The fraction of sp³-hybridized carbons (Fsp3) is 0.960. The summed E-state index contributed by atoms with van der Waals surface area (Å²) in [6.07, 6.45) is 10.7. The van der Waals surface area contributed by atoms with Crippen molar-refractivity contribution in [1.82, 2.24) is 0 Å². The summed E-state index contributed by atoms with van der Waals surface area (Å²) in [4.78, 5) is 11.9. The zero-order chi connectivity index (χ0) is 20.1. The quantitative estimate of drug-likeness (QED) is 0.622. The molecule has 0 aromatic rings. The van der Waals surface area contributed by atoms with E-state index < -0.39 is 0 Å². The molecule has 6 fully saturated rings. The van der Waals surface area contributed by atoms with Crippen LogP contribution in [-0.4, -0.2) is 31.6 Å². The summed E-state index contributed by atoms with van der Waals surface area (Å²) < 4.78 is 18.4. The van der Waals surface area contributed by atoms with Crippen molar-refractivity contribution in [3.63, 3.8) is 0 Å². The van der Waals surface area contributed by atoms with Gasteiger partial charge in [-0.05, 0) is 105 Å². The van der Waals surface area contributed by atoms with E-state index in [9.17, 15) is 4.79 Å². The molecule has 1 spiro atoms. The molecule has 5 aliphatic carbocycles. The van der Waals surface area contributed by atoms with Crippen LogP contribution in [0.15, 0.2) is 0 Å². The molecule has 1 heterocycles. The van der Waals surface area contributed by atoms with Gasteiger partial charge in [0.1, 0.15) is 0 Å². The molecule has 162 valence electrons. The Labute approximate surface area is 175 Å². The van der Waals surface area contributed by atoms with Gasteiger partial charge in [-0.25, -0.2) is 0 Å². The maximum absolute atomic E-state index is 11.9. The van der Waals surface area contributed by atoms with Crippen LogP contribution in [0.2, 0.25) is 0 Å². The number of carbonyl (C=O) groups is 1. The highest BCUT2D eigenvalue weighted by Gasteiger charge is 2.71. The van der Waals surface area contributed by atoms with E-state index in [-0.39, 0.29) is 23.8 Å². The molecule has 0 aromatic heterocycles. The van der Waals surface area contributed by atoms with Gasteiger partial charge >= 0.3 is 5.97 Å². The molecule has 0 radical (unpaired) electrons. The summed E-state index contributed by atoms with van der Waals surface area (Å²) in [5, 5.41) is 0. The number of fused-ring (bicyclic) bond motifs is 6. The Morgan fingerprint density at radius 3 is 2.55 bits per heavy atom. The van der Waals surface area contributed by atoms with Crippen LogP contribution in [-0.2, 0) is 19.0 Å². The van der Waals surface area contributed by atoms with E-state index in [1.54, 1.807) is 0 Å². The standard InChI is InChI=1S/C25H38O4/c1-13-18-5-6-20-17-12-21(27-4)22-16-11-15(16)7-9-24(22,3)19(17)8-10-25(18,20)23(28-13)29-14(2)26/h13,15-23H,5-12H2,1-4H3/t13?,15-,16?,17-,18-,19+,20+,21-,22?,23?,24-,25+/m1/s1. The van der Waals surface area contributed by atoms with Crippen molar-refractivity contribution in [2.24, 2.45) is 52.3 Å². The molecule has 4 unspecified atom stereocenters. The number of esters is 1. The fourth-order valence-corrected chi connectivity index (χ4v) is 10.0. The Kier molecular flexibility index (Phi) is 4.10. The predicted molar refractivity (Wildman–Crippen MR) is 109 cm³/mol. The number of hydrogen-bond donors (Lipinski definition) is 0.